The summed E-state index contributed by atoms with van der Waals surface area (Å²) in [7, 11) is 0. The zero-order chi connectivity index (χ0) is 11.9. The van der Waals surface area contributed by atoms with Crippen LogP contribution in [0.3, 0.4) is 0 Å². The van der Waals surface area contributed by atoms with E-state index >= 15 is 0 Å². The smallest absolute Gasteiger partial charge is 0.348 e. The average molecular weight is 235 g/mol. The molecule has 0 saturated carbocycles. The maximum atomic E-state index is 11.1. The van der Waals surface area contributed by atoms with Crippen LogP contribution in [0.25, 0.3) is 5.69 Å². The predicted octanol–water partition coefficient (Wildman–Crippen LogP) is 3.16. The summed E-state index contributed by atoms with van der Waals surface area (Å²) in [6.07, 6.45) is 0. The van der Waals surface area contributed by atoms with Gasteiger partial charge in [0, 0.05) is 11.4 Å². The second-order valence-corrected chi connectivity index (χ2v) is 4.73. The van der Waals surface area contributed by atoms with Crippen molar-refractivity contribution in [2.45, 2.75) is 20.8 Å². The first kappa shape index (κ1) is 11.0. The third-order valence-corrected chi connectivity index (χ3v) is 3.71. The topological polar surface area (TPSA) is 42.2 Å². The lowest BCUT2D eigenvalue weighted by molar-refractivity contribution is 0.0702. The highest BCUT2D eigenvalue weighted by Crippen LogP contribution is 2.28. The van der Waals surface area contributed by atoms with Crippen LogP contribution < -0.4 is 0 Å². The number of thiophene rings is 1. The van der Waals surface area contributed by atoms with Crippen LogP contribution in [0.4, 0.5) is 0 Å². The minimum absolute atomic E-state index is 0.403. The molecular weight excluding hydrogens is 222 g/mol. The first-order valence-electron chi connectivity index (χ1n) is 4.99. The molecule has 0 unspecified atom stereocenters. The standard InChI is InChI=1S/C12H13NO2S/c1-7-6-16-11(12(14)15)10(7)13-8(2)4-5-9(13)3/h4-6H,1-3H3,(H,14,15). The quantitative estimate of drug-likeness (QED) is 0.868. The fourth-order valence-corrected chi connectivity index (χ4v) is 2.76. The SMILES string of the molecule is Cc1csc(C(=O)O)c1-n1c(C)ccc1C. The summed E-state index contributed by atoms with van der Waals surface area (Å²) in [5.74, 6) is -0.861. The molecule has 0 aromatic carbocycles. The van der Waals surface area contributed by atoms with Crippen molar-refractivity contribution in [3.05, 3.63) is 39.3 Å². The highest BCUT2D eigenvalue weighted by molar-refractivity contribution is 7.12. The van der Waals surface area contributed by atoms with E-state index in [1.165, 1.54) is 11.3 Å². The molecule has 84 valence electrons. The molecule has 2 aromatic rings. The van der Waals surface area contributed by atoms with Crippen molar-refractivity contribution in [1.29, 1.82) is 0 Å². The van der Waals surface area contributed by atoms with Gasteiger partial charge in [-0.05, 0) is 43.8 Å². The van der Waals surface area contributed by atoms with Crippen molar-refractivity contribution in [2.24, 2.45) is 0 Å². The minimum Gasteiger partial charge on any atom is -0.477 e. The molecule has 3 nitrogen and oxygen atoms in total. The van der Waals surface area contributed by atoms with Gasteiger partial charge in [-0.1, -0.05) is 0 Å². The molecule has 16 heavy (non-hydrogen) atoms. The number of aromatic carboxylic acids is 1. The number of rotatable bonds is 2. The number of carboxylic acids is 1. The van der Waals surface area contributed by atoms with E-state index in [0.29, 0.717) is 4.88 Å². The molecule has 2 aromatic heterocycles. The Balaban J connectivity index is 2.73. The van der Waals surface area contributed by atoms with E-state index in [1.54, 1.807) is 0 Å². The summed E-state index contributed by atoms with van der Waals surface area (Å²) in [5.41, 5.74) is 3.92. The third-order valence-electron chi connectivity index (χ3n) is 2.63. The zero-order valence-corrected chi connectivity index (χ0v) is 10.3. The molecule has 2 rings (SSSR count). The van der Waals surface area contributed by atoms with Crippen molar-refractivity contribution in [2.75, 3.05) is 0 Å². The van der Waals surface area contributed by atoms with E-state index in [2.05, 4.69) is 0 Å². The Hall–Kier alpha value is -1.55. The van der Waals surface area contributed by atoms with Gasteiger partial charge in [0.2, 0.25) is 0 Å². The number of carboxylic acid groups (broad SMARTS) is 1. The van der Waals surface area contributed by atoms with Gasteiger partial charge in [0.1, 0.15) is 4.88 Å². The van der Waals surface area contributed by atoms with Gasteiger partial charge in [-0.15, -0.1) is 11.3 Å². The molecular formula is C12H13NO2S. The van der Waals surface area contributed by atoms with Gasteiger partial charge in [0.05, 0.1) is 5.69 Å². The molecule has 0 aliphatic carbocycles. The number of carbonyl (C=O) groups is 1. The number of aryl methyl sites for hydroxylation is 3. The molecule has 4 heteroatoms. The number of hydrogen-bond acceptors (Lipinski definition) is 2. The van der Waals surface area contributed by atoms with Gasteiger partial charge in [0.15, 0.2) is 0 Å². The summed E-state index contributed by atoms with van der Waals surface area (Å²) in [6.45, 7) is 5.91. The van der Waals surface area contributed by atoms with Gasteiger partial charge >= 0.3 is 5.97 Å². The highest BCUT2D eigenvalue weighted by atomic mass is 32.1. The van der Waals surface area contributed by atoms with Crippen LogP contribution in [0.2, 0.25) is 0 Å². The van der Waals surface area contributed by atoms with Crippen molar-refractivity contribution in [1.82, 2.24) is 4.57 Å². The Morgan fingerprint density at radius 3 is 2.31 bits per heavy atom. The monoisotopic (exact) mass is 235 g/mol. The van der Waals surface area contributed by atoms with Crippen LogP contribution in [0.5, 0.6) is 0 Å². The van der Waals surface area contributed by atoms with Crippen molar-refractivity contribution in [3.8, 4) is 5.69 Å². The molecule has 0 aliphatic rings. The lowest BCUT2D eigenvalue weighted by atomic mass is 10.2. The van der Waals surface area contributed by atoms with Crippen LogP contribution in [0, 0.1) is 20.8 Å². The van der Waals surface area contributed by atoms with E-state index < -0.39 is 5.97 Å². The molecule has 0 radical (unpaired) electrons. The van der Waals surface area contributed by atoms with Crippen molar-refractivity contribution in [3.63, 3.8) is 0 Å². The molecule has 2 heterocycles. The zero-order valence-electron chi connectivity index (χ0n) is 9.44. The Morgan fingerprint density at radius 2 is 1.81 bits per heavy atom. The Bertz CT molecular complexity index is 532. The molecule has 0 amide bonds. The molecule has 0 atom stereocenters. The van der Waals surface area contributed by atoms with Crippen molar-refractivity contribution < 1.29 is 9.90 Å². The summed E-state index contributed by atoms with van der Waals surface area (Å²) in [6, 6.07) is 4.00. The minimum atomic E-state index is -0.861. The predicted molar refractivity (Wildman–Crippen MR) is 64.8 cm³/mol. The van der Waals surface area contributed by atoms with Gasteiger partial charge in [-0.2, -0.15) is 0 Å². The fraction of sp³-hybridized carbons (Fsp3) is 0.250. The van der Waals surface area contributed by atoms with E-state index in [-0.39, 0.29) is 0 Å². The number of hydrogen-bond donors (Lipinski definition) is 1. The Morgan fingerprint density at radius 1 is 1.25 bits per heavy atom. The Labute approximate surface area is 98.0 Å². The van der Waals surface area contributed by atoms with Gasteiger partial charge in [-0.25, -0.2) is 4.79 Å². The average Bonchev–Trinajstić information content (AvgIpc) is 2.71. The van der Waals surface area contributed by atoms with E-state index in [0.717, 1.165) is 22.6 Å². The lowest BCUT2D eigenvalue weighted by Crippen LogP contribution is -2.05. The second-order valence-electron chi connectivity index (χ2n) is 3.85. The molecule has 0 fully saturated rings. The van der Waals surface area contributed by atoms with E-state index in [4.69, 9.17) is 5.11 Å². The summed E-state index contributed by atoms with van der Waals surface area (Å²) < 4.78 is 2.00. The van der Waals surface area contributed by atoms with Crippen molar-refractivity contribution >= 4 is 17.3 Å². The maximum Gasteiger partial charge on any atom is 0.348 e. The largest absolute Gasteiger partial charge is 0.477 e. The molecule has 0 aliphatic heterocycles. The van der Waals surface area contributed by atoms with Crippen LogP contribution in [-0.4, -0.2) is 15.6 Å². The van der Waals surface area contributed by atoms with Gasteiger partial charge < -0.3 is 9.67 Å². The first-order chi connectivity index (χ1) is 7.52. The number of nitrogens with zero attached hydrogens (tertiary/aromatic N) is 1. The maximum absolute atomic E-state index is 11.1. The second kappa shape index (κ2) is 3.79. The van der Waals surface area contributed by atoms with Crippen LogP contribution in [0.1, 0.15) is 26.6 Å². The van der Waals surface area contributed by atoms with Gasteiger partial charge in [0.25, 0.3) is 0 Å². The molecule has 0 bridgehead atoms. The molecule has 0 spiro atoms. The van der Waals surface area contributed by atoms with E-state index in [1.807, 2.05) is 42.9 Å². The summed E-state index contributed by atoms with van der Waals surface area (Å²) >= 11 is 1.28. The van der Waals surface area contributed by atoms with Crippen LogP contribution in [0.15, 0.2) is 17.5 Å². The summed E-state index contributed by atoms with van der Waals surface area (Å²) in [5, 5.41) is 11.0. The molecule has 0 saturated heterocycles. The van der Waals surface area contributed by atoms with E-state index in [9.17, 15) is 4.79 Å². The fourth-order valence-electron chi connectivity index (χ4n) is 1.89. The summed E-state index contributed by atoms with van der Waals surface area (Å²) in [4.78, 5) is 11.6. The first-order valence-corrected chi connectivity index (χ1v) is 5.87. The van der Waals surface area contributed by atoms with Gasteiger partial charge in [-0.3, -0.25) is 0 Å². The normalized spacial score (nSPS) is 10.7. The lowest BCUT2D eigenvalue weighted by Gasteiger charge is -2.10. The number of aromatic nitrogens is 1. The Kier molecular flexibility index (Phi) is 2.59. The van der Waals surface area contributed by atoms with Crippen LogP contribution >= 0.6 is 11.3 Å². The molecule has 1 N–H and O–H groups in total. The third kappa shape index (κ3) is 1.55. The highest BCUT2D eigenvalue weighted by Gasteiger charge is 2.18. The van der Waals surface area contributed by atoms with Crippen LogP contribution in [-0.2, 0) is 0 Å².